The molecule has 3 amide bonds. The van der Waals surface area contributed by atoms with Gasteiger partial charge in [0.2, 0.25) is 5.91 Å². The second-order valence-corrected chi connectivity index (χ2v) is 7.16. The Hall–Kier alpha value is -2.53. The standard InChI is InChI=1S/C21H24ClN3O2/c22-18-5-3-4-17(14-18)15-23-21(27)24-19-9-6-16(7-10-19)8-11-20(26)25-12-1-2-13-25/h3-7,9-10,14H,1-2,8,11-13,15H2,(H2,23,24,27). The van der Waals surface area contributed by atoms with E-state index in [0.717, 1.165) is 43.5 Å². The quantitative estimate of drug-likeness (QED) is 0.782. The van der Waals surface area contributed by atoms with E-state index in [2.05, 4.69) is 10.6 Å². The van der Waals surface area contributed by atoms with Crippen LogP contribution in [0.25, 0.3) is 0 Å². The molecule has 1 fully saturated rings. The number of amides is 3. The average Bonchev–Trinajstić information content (AvgIpc) is 3.21. The summed E-state index contributed by atoms with van der Waals surface area (Å²) >= 11 is 5.93. The van der Waals surface area contributed by atoms with Crippen molar-refractivity contribution in [2.24, 2.45) is 0 Å². The Bertz CT molecular complexity index is 786. The van der Waals surface area contributed by atoms with E-state index in [-0.39, 0.29) is 11.9 Å². The monoisotopic (exact) mass is 385 g/mol. The van der Waals surface area contributed by atoms with Crippen LogP contribution in [0.1, 0.15) is 30.4 Å². The van der Waals surface area contributed by atoms with Crippen molar-refractivity contribution in [3.8, 4) is 0 Å². The van der Waals surface area contributed by atoms with Gasteiger partial charge in [-0.05, 0) is 54.7 Å². The lowest BCUT2D eigenvalue weighted by Gasteiger charge is -2.15. The summed E-state index contributed by atoms with van der Waals surface area (Å²) in [5.41, 5.74) is 2.75. The molecule has 27 heavy (non-hydrogen) atoms. The molecule has 0 unspecified atom stereocenters. The summed E-state index contributed by atoms with van der Waals surface area (Å²) in [6.07, 6.45) is 3.49. The summed E-state index contributed by atoms with van der Waals surface area (Å²) in [7, 11) is 0. The third-order valence-corrected chi connectivity index (χ3v) is 4.88. The molecule has 0 atom stereocenters. The summed E-state index contributed by atoms with van der Waals surface area (Å²) in [6.45, 7) is 2.20. The molecule has 1 heterocycles. The highest BCUT2D eigenvalue weighted by molar-refractivity contribution is 6.30. The van der Waals surface area contributed by atoms with E-state index in [4.69, 9.17) is 11.6 Å². The lowest BCUT2D eigenvalue weighted by molar-refractivity contribution is -0.130. The third kappa shape index (κ3) is 6.00. The number of urea groups is 1. The molecule has 0 aliphatic carbocycles. The lowest BCUT2D eigenvalue weighted by Crippen LogP contribution is -2.28. The minimum Gasteiger partial charge on any atom is -0.343 e. The molecule has 2 aromatic rings. The normalized spacial score (nSPS) is 13.4. The summed E-state index contributed by atoms with van der Waals surface area (Å²) in [5, 5.41) is 6.25. The largest absolute Gasteiger partial charge is 0.343 e. The van der Waals surface area contributed by atoms with Crippen molar-refractivity contribution in [1.82, 2.24) is 10.2 Å². The molecule has 2 N–H and O–H groups in total. The van der Waals surface area contributed by atoms with Gasteiger partial charge >= 0.3 is 6.03 Å². The van der Waals surface area contributed by atoms with Gasteiger partial charge in [-0.15, -0.1) is 0 Å². The molecule has 142 valence electrons. The van der Waals surface area contributed by atoms with Crippen molar-refractivity contribution in [2.75, 3.05) is 18.4 Å². The predicted octanol–water partition coefficient (Wildman–Crippen LogP) is 4.22. The fourth-order valence-corrected chi connectivity index (χ4v) is 3.35. The number of halogens is 1. The Morgan fingerprint density at radius 2 is 1.74 bits per heavy atom. The molecule has 5 nitrogen and oxygen atoms in total. The first-order valence-electron chi connectivity index (χ1n) is 9.26. The Kier molecular flexibility index (Phi) is 6.71. The molecule has 0 spiro atoms. The first-order chi connectivity index (χ1) is 13.1. The van der Waals surface area contributed by atoms with Crippen LogP contribution in [0.5, 0.6) is 0 Å². The number of likely N-dealkylation sites (tertiary alicyclic amines) is 1. The summed E-state index contributed by atoms with van der Waals surface area (Å²) in [4.78, 5) is 26.1. The zero-order valence-electron chi connectivity index (χ0n) is 15.2. The van der Waals surface area contributed by atoms with Gasteiger partial charge in [0.15, 0.2) is 0 Å². The molecule has 1 saturated heterocycles. The highest BCUT2D eigenvalue weighted by Crippen LogP contribution is 2.14. The van der Waals surface area contributed by atoms with E-state index >= 15 is 0 Å². The number of benzene rings is 2. The number of carbonyl (C=O) groups excluding carboxylic acids is 2. The molecular weight excluding hydrogens is 362 g/mol. The number of anilines is 1. The van der Waals surface area contributed by atoms with Crippen LogP contribution >= 0.6 is 11.6 Å². The summed E-state index contributed by atoms with van der Waals surface area (Å²) in [5.74, 6) is 0.232. The van der Waals surface area contributed by atoms with Crippen LogP contribution in [-0.2, 0) is 17.8 Å². The average molecular weight is 386 g/mol. The second kappa shape index (κ2) is 9.42. The summed E-state index contributed by atoms with van der Waals surface area (Å²) < 4.78 is 0. The molecule has 1 aliphatic rings. The maximum absolute atomic E-state index is 12.1. The number of nitrogens with zero attached hydrogens (tertiary/aromatic N) is 1. The number of carbonyl (C=O) groups is 2. The molecule has 6 heteroatoms. The SMILES string of the molecule is O=C(NCc1cccc(Cl)c1)Nc1ccc(CCC(=O)N2CCCC2)cc1. The number of aryl methyl sites for hydroxylation is 1. The second-order valence-electron chi connectivity index (χ2n) is 6.72. The van der Waals surface area contributed by atoms with Crippen LogP contribution in [0, 0.1) is 0 Å². The lowest BCUT2D eigenvalue weighted by atomic mass is 10.1. The minimum absolute atomic E-state index is 0.232. The fraction of sp³-hybridized carbons (Fsp3) is 0.333. The molecule has 0 radical (unpaired) electrons. The van der Waals surface area contributed by atoms with Crippen LogP contribution in [0.2, 0.25) is 5.02 Å². The minimum atomic E-state index is -0.271. The Balaban J connectivity index is 1.42. The van der Waals surface area contributed by atoms with Gasteiger partial charge in [0.1, 0.15) is 0 Å². The summed E-state index contributed by atoms with van der Waals surface area (Å²) in [6, 6.07) is 14.7. The van der Waals surface area contributed by atoms with Crippen LogP contribution in [0.3, 0.4) is 0 Å². The van der Waals surface area contributed by atoms with E-state index in [0.29, 0.717) is 23.7 Å². The van der Waals surface area contributed by atoms with Crippen LogP contribution in [0.4, 0.5) is 10.5 Å². The Morgan fingerprint density at radius 1 is 1.00 bits per heavy atom. The predicted molar refractivity (Wildman–Crippen MR) is 108 cm³/mol. The maximum Gasteiger partial charge on any atom is 0.319 e. The van der Waals surface area contributed by atoms with Gasteiger partial charge in [-0.1, -0.05) is 35.9 Å². The van der Waals surface area contributed by atoms with Gasteiger partial charge in [0.05, 0.1) is 0 Å². The molecular formula is C21H24ClN3O2. The van der Waals surface area contributed by atoms with Crippen molar-refractivity contribution in [1.29, 1.82) is 0 Å². The van der Waals surface area contributed by atoms with Crippen molar-refractivity contribution in [3.05, 3.63) is 64.7 Å². The number of nitrogens with one attached hydrogen (secondary N) is 2. The topological polar surface area (TPSA) is 61.4 Å². The number of hydrogen-bond donors (Lipinski definition) is 2. The number of rotatable bonds is 6. The molecule has 3 rings (SSSR count). The van der Waals surface area contributed by atoms with E-state index in [1.165, 1.54) is 0 Å². The van der Waals surface area contributed by atoms with E-state index in [9.17, 15) is 9.59 Å². The smallest absolute Gasteiger partial charge is 0.319 e. The van der Waals surface area contributed by atoms with Gasteiger partial charge in [-0.2, -0.15) is 0 Å². The Morgan fingerprint density at radius 3 is 2.44 bits per heavy atom. The highest BCUT2D eigenvalue weighted by Gasteiger charge is 2.17. The molecule has 0 aromatic heterocycles. The van der Waals surface area contributed by atoms with Crippen LogP contribution in [-0.4, -0.2) is 29.9 Å². The Labute approximate surface area is 164 Å². The number of hydrogen-bond acceptors (Lipinski definition) is 2. The van der Waals surface area contributed by atoms with Crippen molar-refractivity contribution in [2.45, 2.75) is 32.2 Å². The van der Waals surface area contributed by atoms with Crippen LogP contribution in [0.15, 0.2) is 48.5 Å². The van der Waals surface area contributed by atoms with Gasteiger partial charge < -0.3 is 15.5 Å². The van der Waals surface area contributed by atoms with Gasteiger partial charge in [0.25, 0.3) is 0 Å². The van der Waals surface area contributed by atoms with Gasteiger partial charge in [-0.25, -0.2) is 4.79 Å². The van der Waals surface area contributed by atoms with E-state index in [1.54, 1.807) is 6.07 Å². The molecule has 2 aromatic carbocycles. The molecule has 0 saturated carbocycles. The molecule has 1 aliphatic heterocycles. The van der Waals surface area contributed by atoms with Gasteiger partial charge in [0, 0.05) is 36.8 Å². The van der Waals surface area contributed by atoms with E-state index in [1.807, 2.05) is 47.4 Å². The highest BCUT2D eigenvalue weighted by atomic mass is 35.5. The molecule has 0 bridgehead atoms. The zero-order chi connectivity index (χ0) is 19.1. The first-order valence-corrected chi connectivity index (χ1v) is 9.64. The van der Waals surface area contributed by atoms with Crippen molar-refractivity contribution >= 4 is 29.2 Å². The van der Waals surface area contributed by atoms with Crippen molar-refractivity contribution in [3.63, 3.8) is 0 Å². The third-order valence-electron chi connectivity index (χ3n) is 4.64. The van der Waals surface area contributed by atoms with Gasteiger partial charge in [-0.3, -0.25) is 4.79 Å². The first kappa shape index (κ1) is 19.2. The van der Waals surface area contributed by atoms with E-state index < -0.39 is 0 Å². The zero-order valence-corrected chi connectivity index (χ0v) is 16.0. The van der Waals surface area contributed by atoms with Crippen LogP contribution < -0.4 is 10.6 Å². The fourth-order valence-electron chi connectivity index (χ4n) is 3.14. The maximum atomic E-state index is 12.1. The van der Waals surface area contributed by atoms with Crippen molar-refractivity contribution < 1.29 is 9.59 Å².